The van der Waals surface area contributed by atoms with Gasteiger partial charge < -0.3 is 15.4 Å². The van der Waals surface area contributed by atoms with E-state index in [1.54, 1.807) is 20.8 Å². The number of carbonyl (C=O) groups excluding carboxylic acids is 2. The highest BCUT2D eigenvalue weighted by Crippen LogP contribution is 2.28. The van der Waals surface area contributed by atoms with Crippen molar-refractivity contribution in [1.82, 2.24) is 15.0 Å². The molecule has 1 aromatic heterocycles. The van der Waals surface area contributed by atoms with Crippen LogP contribution in [-0.2, 0) is 19.6 Å². The number of hydrogen-bond donors (Lipinski definition) is 3. The van der Waals surface area contributed by atoms with E-state index in [2.05, 4.69) is 15.6 Å². The number of nitrogens with one attached hydrogen (secondary N) is 3. The second-order valence-corrected chi connectivity index (χ2v) is 11.0. The fraction of sp³-hybridized carbons (Fsp3) is 0.667. The molecule has 1 aromatic rings. The number of anilines is 1. The Morgan fingerprint density at radius 1 is 1.12 bits per heavy atom. The molecule has 0 spiro atoms. The number of amides is 2. The number of sulfonamides is 1. The molecule has 1 heterocycles. The number of ether oxygens (including phenoxy) is 1. The Bertz CT molecular complexity index is 956. The zero-order chi connectivity index (χ0) is 25.7. The number of alkyl carbamates (subject to hydrolysis) is 1. The fourth-order valence-electron chi connectivity index (χ4n) is 3.48. The minimum Gasteiger partial charge on any atom is -0.444 e. The standard InChI is InChI=1S/C21H31F3N4O5S/c1-13(21(22,23)24)28-34(31,32)15-10-11-16(25-12-15)26-18(29)17(14-8-6-5-7-9-14)27-19(30)33-20(2,3)4/h10-14,17,28H,5-9H2,1-4H3,(H,27,30)(H,25,26,29)/t13-,17-/m0/s1. The fourth-order valence-corrected chi connectivity index (χ4v) is 4.66. The van der Waals surface area contributed by atoms with Crippen LogP contribution in [0.25, 0.3) is 0 Å². The van der Waals surface area contributed by atoms with Crippen LogP contribution < -0.4 is 15.4 Å². The Hall–Kier alpha value is -2.41. The number of alkyl halides is 3. The van der Waals surface area contributed by atoms with Gasteiger partial charge in [0.05, 0.1) is 0 Å². The van der Waals surface area contributed by atoms with E-state index in [1.165, 1.54) is 4.72 Å². The summed E-state index contributed by atoms with van der Waals surface area (Å²) in [5, 5.41) is 5.16. The predicted octanol–water partition coefficient (Wildman–Crippen LogP) is 3.72. The summed E-state index contributed by atoms with van der Waals surface area (Å²) in [6.07, 6.45) is -0.296. The Kier molecular flexibility index (Phi) is 8.92. The molecule has 1 aliphatic rings. The first kappa shape index (κ1) is 27.8. The molecule has 3 N–H and O–H groups in total. The highest BCUT2D eigenvalue weighted by molar-refractivity contribution is 7.89. The van der Waals surface area contributed by atoms with Gasteiger partial charge in [-0.2, -0.15) is 17.9 Å². The van der Waals surface area contributed by atoms with Crippen molar-refractivity contribution in [3.8, 4) is 0 Å². The van der Waals surface area contributed by atoms with Crippen LogP contribution in [0.15, 0.2) is 23.2 Å². The van der Waals surface area contributed by atoms with Crippen molar-refractivity contribution < 1.29 is 35.9 Å². The number of rotatable bonds is 7. The monoisotopic (exact) mass is 508 g/mol. The zero-order valence-electron chi connectivity index (χ0n) is 19.5. The molecule has 0 radical (unpaired) electrons. The van der Waals surface area contributed by atoms with Gasteiger partial charge in [0.15, 0.2) is 0 Å². The van der Waals surface area contributed by atoms with Crippen molar-refractivity contribution >= 4 is 27.8 Å². The van der Waals surface area contributed by atoms with Gasteiger partial charge in [-0.25, -0.2) is 18.2 Å². The smallest absolute Gasteiger partial charge is 0.408 e. The average Bonchev–Trinajstić information content (AvgIpc) is 2.70. The van der Waals surface area contributed by atoms with E-state index in [4.69, 9.17) is 4.74 Å². The van der Waals surface area contributed by atoms with Gasteiger partial charge >= 0.3 is 12.3 Å². The molecule has 2 amide bonds. The largest absolute Gasteiger partial charge is 0.444 e. The molecule has 13 heteroatoms. The van der Waals surface area contributed by atoms with E-state index in [-0.39, 0.29) is 11.7 Å². The third-order valence-corrected chi connectivity index (χ3v) is 6.72. The first-order chi connectivity index (χ1) is 15.6. The van der Waals surface area contributed by atoms with Crippen molar-refractivity contribution in [2.45, 2.75) is 88.6 Å². The normalized spacial score (nSPS) is 17.5. The molecule has 1 aliphatic carbocycles. The summed E-state index contributed by atoms with van der Waals surface area (Å²) in [5.74, 6) is -0.682. The van der Waals surface area contributed by atoms with Gasteiger partial charge in [0, 0.05) is 6.20 Å². The molecular weight excluding hydrogens is 477 g/mol. The summed E-state index contributed by atoms with van der Waals surface area (Å²) >= 11 is 0. The lowest BCUT2D eigenvalue weighted by atomic mass is 9.83. The van der Waals surface area contributed by atoms with E-state index < -0.39 is 50.8 Å². The molecule has 0 unspecified atom stereocenters. The van der Waals surface area contributed by atoms with E-state index in [1.807, 2.05) is 0 Å². The summed E-state index contributed by atoms with van der Waals surface area (Å²) in [7, 11) is -4.47. The van der Waals surface area contributed by atoms with Gasteiger partial charge in [0.25, 0.3) is 0 Å². The molecule has 0 saturated heterocycles. The molecule has 2 atom stereocenters. The highest BCUT2D eigenvalue weighted by atomic mass is 32.2. The molecule has 1 saturated carbocycles. The van der Waals surface area contributed by atoms with Gasteiger partial charge in [-0.1, -0.05) is 19.3 Å². The van der Waals surface area contributed by atoms with Crippen LogP contribution in [0.1, 0.15) is 59.8 Å². The van der Waals surface area contributed by atoms with E-state index in [0.717, 1.165) is 50.4 Å². The van der Waals surface area contributed by atoms with Crippen LogP contribution in [0.2, 0.25) is 0 Å². The van der Waals surface area contributed by atoms with Gasteiger partial charge in [-0.05, 0) is 58.6 Å². The third-order valence-electron chi connectivity index (χ3n) is 5.20. The first-order valence-electron chi connectivity index (χ1n) is 10.9. The number of halogens is 3. The van der Waals surface area contributed by atoms with E-state index in [9.17, 15) is 31.2 Å². The number of pyridine rings is 1. The average molecular weight is 509 g/mol. The van der Waals surface area contributed by atoms with Crippen molar-refractivity contribution in [1.29, 1.82) is 0 Å². The van der Waals surface area contributed by atoms with Crippen LogP contribution in [0.4, 0.5) is 23.8 Å². The summed E-state index contributed by atoms with van der Waals surface area (Å²) < 4.78 is 69.2. The number of hydrogen-bond acceptors (Lipinski definition) is 6. The van der Waals surface area contributed by atoms with Crippen molar-refractivity contribution in [3.63, 3.8) is 0 Å². The van der Waals surface area contributed by atoms with E-state index >= 15 is 0 Å². The summed E-state index contributed by atoms with van der Waals surface area (Å²) in [6, 6.07) is -0.983. The zero-order valence-corrected chi connectivity index (χ0v) is 20.3. The number of carbonyl (C=O) groups is 2. The molecule has 0 bridgehead atoms. The third kappa shape index (κ3) is 8.42. The SMILES string of the molecule is C[C@H](NS(=O)(=O)c1ccc(NC(=O)[C@@H](NC(=O)OC(C)(C)C)C2CCCCC2)nc1)C(F)(F)F. The highest BCUT2D eigenvalue weighted by Gasteiger charge is 2.39. The lowest BCUT2D eigenvalue weighted by Crippen LogP contribution is -2.50. The van der Waals surface area contributed by atoms with Gasteiger partial charge in [-0.15, -0.1) is 0 Å². The maximum atomic E-state index is 13.0. The molecule has 192 valence electrons. The molecule has 2 rings (SSSR count). The van der Waals surface area contributed by atoms with Crippen molar-refractivity contribution in [2.24, 2.45) is 5.92 Å². The minimum absolute atomic E-state index is 0.0142. The predicted molar refractivity (Wildman–Crippen MR) is 118 cm³/mol. The maximum absolute atomic E-state index is 13.0. The first-order valence-corrected chi connectivity index (χ1v) is 12.4. The number of aromatic nitrogens is 1. The van der Waals surface area contributed by atoms with Crippen LogP contribution in [0.5, 0.6) is 0 Å². The second-order valence-electron chi connectivity index (χ2n) is 9.27. The number of nitrogens with zero attached hydrogens (tertiary/aromatic N) is 1. The molecule has 9 nitrogen and oxygen atoms in total. The summed E-state index contributed by atoms with van der Waals surface area (Å²) in [4.78, 5) is 28.6. The molecule has 1 fully saturated rings. The molecule has 0 aliphatic heterocycles. The van der Waals surface area contributed by atoms with Gasteiger partial charge in [0.2, 0.25) is 15.9 Å². The summed E-state index contributed by atoms with van der Waals surface area (Å²) in [5.41, 5.74) is -0.752. The lowest BCUT2D eigenvalue weighted by Gasteiger charge is -2.30. The van der Waals surface area contributed by atoms with Crippen LogP contribution in [0.3, 0.4) is 0 Å². The van der Waals surface area contributed by atoms with Crippen molar-refractivity contribution in [3.05, 3.63) is 18.3 Å². The molecule has 34 heavy (non-hydrogen) atoms. The second kappa shape index (κ2) is 10.9. The van der Waals surface area contributed by atoms with Crippen LogP contribution >= 0.6 is 0 Å². The van der Waals surface area contributed by atoms with E-state index in [0.29, 0.717) is 6.92 Å². The van der Waals surface area contributed by atoms with Crippen LogP contribution in [0, 0.1) is 5.92 Å². The Labute approximate surface area is 197 Å². The molecule has 0 aromatic carbocycles. The minimum atomic E-state index is -4.75. The Morgan fingerprint density at radius 3 is 2.24 bits per heavy atom. The lowest BCUT2D eigenvalue weighted by molar-refractivity contribution is -0.147. The summed E-state index contributed by atoms with van der Waals surface area (Å²) in [6.45, 7) is 5.78. The van der Waals surface area contributed by atoms with Crippen molar-refractivity contribution in [2.75, 3.05) is 5.32 Å². The topological polar surface area (TPSA) is 126 Å². The maximum Gasteiger partial charge on any atom is 0.408 e. The van der Waals surface area contributed by atoms with Gasteiger partial charge in [0.1, 0.15) is 28.4 Å². The molecular formula is C21H31F3N4O5S. The van der Waals surface area contributed by atoms with Gasteiger partial charge in [-0.3, -0.25) is 4.79 Å². The quantitative estimate of drug-likeness (QED) is 0.515. The Morgan fingerprint density at radius 2 is 1.74 bits per heavy atom. The van der Waals surface area contributed by atoms with Crippen LogP contribution in [-0.4, -0.2) is 49.3 Å². The Balaban J connectivity index is 2.12.